The van der Waals surface area contributed by atoms with Gasteiger partial charge in [-0.05, 0) is 51.3 Å². The van der Waals surface area contributed by atoms with Gasteiger partial charge >= 0.3 is 0 Å². The van der Waals surface area contributed by atoms with Crippen molar-refractivity contribution in [2.75, 3.05) is 13.6 Å². The molecule has 1 atom stereocenters. The van der Waals surface area contributed by atoms with E-state index in [4.69, 9.17) is 0 Å². The van der Waals surface area contributed by atoms with E-state index < -0.39 is 0 Å². The van der Waals surface area contributed by atoms with Crippen LogP contribution in [0.15, 0.2) is 30.3 Å². The Morgan fingerprint density at radius 1 is 1.19 bits per heavy atom. The zero-order chi connectivity index (χ0) is 11.2. The number of piperidine rings is 1. The summed E-state index contributed by atoms with van der Waals surface area (Å²) in [5, 5.41) is 0. The quantitative estimate of drug-likeness (QED) is 0.746. The van der Waals surface area contributed by atoms with E-state index in [0.29, 0.717) is 0 Å². The second-order valence-corrected chi connectivity index (χ2v) is 5.01. The maximum atomic E-state index is 2.55. The van der Waals surface area contributed by atoms with Gasteiger partial charge in [-0.25, -0.2) is 0 Å². The largest absolute Gasteiger partial charge is 0.303 e. The van der Waals surface area contributed by atoms with Crippen molar-refractivity contribution in [3.63, 3.8) is 0 Å². The molecule has 0 radical (unpaired) electrons. The highest BCUT2D eigenvalue weighted by molar-refractivity contribution is 5.14. The molecular formula is C15H23N. The van der Waals surface area contributed by atoms with Crippen LogP contribution in [0, 0.1) is 0 Å². The molecule has 0 spiro atoms. The Hall–Kier alpha value is -0.820. The molecule has 0 aromatic heterocycles. The number of nitrogens with zero attached hydrogens (tertiary/aromatic N) is 1. The zero-order valence-corrected chi connectivity index (χ0v) is 10.4. The van der Waals surface area contributed by atoms with Crippen LogP contribution in [0.4, 0.5) is 0 Å². The summed E-state index contributed by atoms with van der Waals surface area (Å²) in [6.45, 7) is 1.30. The van der Waals surface area contributed by atoms with Gasteiger partial charge in [0, 0.05) is 6.04 Å². The second kappa shape index (κ2) is 6.05. The summed E-state index contributed by atoms with van der Waals surface area (Å²) >= 11 is 0. The van der Waals surface area contributed by atoms with Crippen molar-refractivity contribution in [1.82, 2.24) is 4.90 Å². The monoisotopic (exact) mass is 217 g/mol. The van der Waals surface area contributed by atoms with E-state index in [1.54, 1.807) is 0 Å². The smallest absolute Gasteiger partial charge is 0.00923 e. The molecular weight excluding hydrogens is 194 g/mol. The number of rotatable bonds is 4. The Bertz CT molecular complexity index is 294. The van der Waals surface area contributed by atoms with E-state index in [1.807, 2.05) is 0 Å². The first kappa shape index (κ1) is 11.7. The van der Waals surface area contributed by atoms with Crippen LogP contribution in [-0.2, 0) is 6.42 Å². The van der Waals surface area contributed by atoms with Crippen LogP contribution in [0.5, 0.6) is 0 Å². The van der Waals surface area contributed by atoms with Crippen LogP contribution in [0.1, 0.15) is 37.7 Å². The molecule has 1 fully saturated rings. The fraction of sp³-hybridized carbons (Fsp3) is 0.600. The maximum Gasteiger partial charge on any atom is 0.00923 e. The number of hydrogen-bond acceptors (Lipinski definition) is 1. The van der Waals surface area contributed by atoms with Crippen molar-refractivity contribution in [1.29, 1.82) is 0 Å². The predicted octanol–water partition coefficient (Wildman–Crippen LogP) is 3.49. The number of likely N-dealkylation sites (tertiary alicyclic amines) is 1. The second-order valence-electron chi connectivity index (χ2n) is 5.01. The van der Waals surface area contributed by atoms with Gasteiger partial charge in [-0.1, -0.05) is 36.8 Å². The molecule has 0 bridgehead atoms. The molecule has 0 amide bonds. The lowest BCUT2D eigenvalue weighted by molar-refractivity contribution is 0.174. The summed E-state index contributed by atoms with van der Waals surface area (Å²) in [5.41, 5.74) is 1.49. The number of hydrogen-bond donors (Lipinski definition) is 0. The van der Waals surface area contributed by atoms with Gasteiger partial charge in [-0.15, -0.1) is 0 Å². The van der Waals surface area contributed by atoms with Crippen LogP contribution in [0.2, 0.25) is 0 Å². The summed E-state index contributed by atoms with van der Waals surface area (Å²) in [5.74, 6) is 0. The lowest BCUT2D eigenvalue weighted by Gasteiger charge is -2.32. The zero-order valence-electron chi connectivity index (χ0n) is 10.4. The van der Waals surface area contributed by atoms with Gasteiger partial charge in [-0.3, -0.25) is 0 Å². The molecule has 1 aliphatic rings. The number of aryl methyl sites for hydroxylation is 1. The maximum absolute atomic E-state index is 2.55. The third-order valence-electron chi connectivity index (χ3n) is 3.77. The summed E-state index contributed by atoms with van der Waals surface area (Å²) in [4.78, 5) is 2.55. The van der Waals surface area contributed by atoms with Gasteiger partial charge in [0.25, 0.3) is 0 Å². The summed E-state index contributed by atoms with van der Waals surface area (Å²) in [7, 11) is 2.28. The molecule has 0 saturated carbocycles. The average Bonchev–Trinajstić information content (AvgIpc) is 2.33. The van der Waals surface area contributed by atoms with E-state index in [1.165, 1.54) is 50.6 Å². The van der Waals surface area contributed by atoms with Crippen molar-refractivity contribution in [2.45, 2.75) is 44.6 Å². The minimum atomic E-state index is 0.845. The van der Waals surface area contributed by atoms with Crippen LogP contribution in [0.3, 0.4) is 0 Å². The molecule has 1 aromatic carbocycles. The Morgan fingerprint density at radius 3 is 2.75 bits per heavy atom. The SMILES string of the molecule is CN1CCCCC1CCCc1ccccc1. The van der Waals surface area contributed by atoms with Crippen molar-refractivity contribution < 1.29 is 0 Å². The summed E-state index contributed by atoms with van der Waals surface area (Å²) < 4.78 is 0. The molecule has 0 aliphatic carbocycles. The van der Waals surface area contributed by atoms with Crippen LogP contribution in [0.25, 0.3) is 0 Å². The molecule has 16 heavy (non-hydrogen) atoms. The van der Waals surface area contributed by atoms with Gasteiger partial charge in [-0.2, -0.15) is 0 Å². The third-order valence-corrected chi connectivity index (χ3v) is 3.77. The minimum Gasteiger partial charge on any atom is -0.303 e. The van der Waals surface area contributed by atoms with Gasteiger partial charge < -0.3 is 4.90 Å². The molecule has 1 unspecified atom stereocenters. The Balaban J connectivity index is 1.71. The van der Waals surface area contributed by atoms with Crippen LogP contribution >= 0.6 is 0 Å². The standard InChI is InChI=1S/C15H23N/c1-16-13-6-5-11-15(16)12-7-10-14-8-3-2-4-9-14/h2-4,8-9,15H,5-7,10-13H2,1H3. The Kier molecular flexibility index (Phi) is 4.41. The van der Waals surface area contributed by atoms with Gasteiger partial charge in [0.2, 0.25) is 0 Å². The van der Waals surface area contributed by atoms with Crippen LogP contribution in [-0.4, -0.2) is 24.5 Å². The molecule has 1 heteroatoms. The van der Waals surface area contributed by atoms with Crippen molar-refractivity contribution in [3.05, 3.63) is 35.9 Å². The van der Waals surface area contributed by atoms with E-state index in [-0.39, 0.29) is 0 Å². The molecule has 1 aliphatic heterocycles. The first-order valence-corrected chi connectivity index (χ1v) is 6.60. The third kappa shape index (κ3) is 3.34. The minimum absolute atomic E-state index is 0.845. The fourth-order valence-corrected chi connectivity index (χ4v) is 2.70. The highest BCUT2D eigenvalue weighted by atomic mass is 15.1. The topological polar surface area (TPSA) is 3.24 Å². The van der Waals surface area contributed by atoms with Crippen molar-refractivity contribution in [3.8, 4) is 0 Å². The molecule has 1 nitrogen and oxygen atoms in total. The van der Waals surface area contributed by atoms with Crippen LogP contribution < -0.4 is 0 Å². The Morgan fingerprint density at radius 2 is 2.00 bits per heavy atom. The van der Waals surface area contributed by atoms with E-state index in [0.717, 1.165) is 6.04 Å². The predicted molar refractivity (Wildman–Crippen MR) is 69.6 cm³/mol. The molecule has 88 valence electrons. The molecule has 2 rings (SSSR count). The lowest BCUT2D eigenvalue weighted by Crippen LogP contribution is -2.36. The lowest BCUT2D eigenvalue weighted by atomic mass is 9.96. The van der Waals surface area contributed by atoms with Crippen molar-refractivity contribution >= 4 is 0 Å². The number of benzene rings is 1. The molecule has 0 N–H and O–H groups in total. The summed E-state index contributed by atoms with van der Waals surface area (Å²) in [6.07, 6.45) is 8.17. The van der Waals surface area contributed by atoms with Gasteiger partial charge in [0.15, 0.2) is 0 Å². The van der Waals surface area contributed by atoms with Gasteiger partial charge in [0.05, 0.1) is 0 Å². The highest BCUT2D eigenvalue weighted by Crippen LogP contribution is 2.19. The van der Waals surface area contributed by atoms with E-state index in [2.05, 4.69) is 42.3 Å². The first-order chi connectivity index (χ1) is 7.86. The van der Waals surface area contributed by atoms with Crippen molar-refractivity contribution in [2.24, 2.45) is 0 Å². The molecule has 1 heterocycles. The molecule has 1 saturated heterocycles. The molecule has 1 aromatic rings. The fourth-order valence-electron chi connectivity index (χ4n) is 2.70. The van der Waals surface area contributed by atoms with Gasteiger partial charge in [0.1, 0.15) is 0 Å². The Labute approximate surface area is 99.5 Å². The average molecular weight is 217 g/mol. The normalized spacial score (nSPS) is 22.2. The summed E-state index contributed by atoms with van der Waals surface area (Å²) in [6, 6.07) is 11.7. The van der Waals surface area contributed by atoms with E-state index >= 15 is 0 Å². The highest BCUT2D eigenvalue weighted by Gasteiger charge is 2.17. The van der Waals surface area contributed by atoms with E-state index in [9.17, 15) is 0 Å². The first-order valence-electron chi connectivity index (χ1n) is 6.60.